The lowest BCUT2D eigenvalue weighted by molar-refractivity contribution is 0.176. The molecular weight excluding hydrogens is 520 g/mol. The van der Waals surface area contributed by atoms with Crippen LogP contribution in [0.25, 0.3) is 32.4 Å². The van der Waals surface area contributed by atoms with E-state index in [4.69, 9.17) is 16.6 Å². The van der Waals surface area contributed by atoms with Gasteiger partial charge in [-0.1, -0.05) is 60.0 Å². The summed E-state index contributed by atoms with van der Waals surface area (Å²) in [5.41, 5.74) is 4.79. The van der Waals surface area contributed by atoms with E-state index < -0.39 is 6.10 Å². The molecule has 0 saturated heterocycles. The summed E-state index contributed by atoms with van der Waals surface area (Å²) in [6.45, 7) is 1.17. The number of aliphatic hydroxyl groups excluding tert-OH is 1. The number of fused-ring (bicyclic) bond motifs is 2. The largest absolute Gasteiger partial charge is 0.506 e. The third kappa shape index (κ3) is 6.05. The van der Waals surface area contributed by atoms with Gasteiger partial charge >= 0.3 is 4.87 Å². The first-order valence-electron chi connectivity index (χ1n) is 12.7. The third-order valence-corrected chi connectivity index (χ3v) is 7.73. The van der Waals surface area contributed by atoms with Gasteiger partial charge in [0.25, 0.3) is 0 Å². The Balaban J connectivity index is 1.09. The predicted octanol–water partition coefficient (Wildman–Crippen LogP) is 5.98. The van der Waals surface area contributed by atoms with Gasteiger partial charge in [-0.3, -0.25) is 14.8 Å². The van der Waals surface area contributed by atoms with Crippen LogP contribution in [0.4, 0.5) is 0 Å². The number of hydrogen-bond donors (Lipinski definition) is 4. The molecule has 5 rings (SSSR count). The zero-order chi connectivity index (χ0) is 26.5. The number of rotatable bonds is 11. The van der Waals surface area contributed by atoms with E-state index in [0.717, 1.165) is 77.8 Å². The van der Waals surface area contributed by atoms with Crippen LogP contribution in [0, 0.1) is 0 Å². The molecule has 5 aromatic rings. The average Bonchev–Trinajstić information content (AvgIpc) is 3.32. The second-order valence-corrected chi connectivity index (χ2v) is 10.7. The van der Waals surface area contributed by atoms with E-state index in [9.17, 15) is 15.0 Å². The number of unbranched alkanes of at least 4 members (excludes halogenated alkanes) is 3. The van der Waals surface area contributed by atoms with Crippen molar-refractivity contribution in [2.75, 3.05) is 13.1 Å². The van der Waals surface area contributed by atoms with E-state index in [1.165, 1.54) is 6.07 Å². The molecule has 7 nitrogen and oxygen atoms in total. The van der Waals surface area contributed by atoms with Gasteiger partial charge in [-0.15, -0.1) is 0 Å². The van der Waals surface area contributed by atoms with E-state index in [-0.39, 0.29) is 10.6 Å². The Kier molecular flexibility index (Phi) is 8.34. The van der Waals surface area contributed by atoms with E-state index in [1.54, 1.807) is 12.3 Å². The maximum Gasteiger partial charge on any atom is 0.305 e. The topological polar surface area (TPSA) is 111 Å². The summed E-state index contributed by atoms with van der Waals surface area (Å²) in [5.74, 6) is 0.0125. The minimum absolute atomic E-state index is 0.0125. The maximum absolute atomic E-state index is 11.7. The highest BCUT2D eigenvalue weighted by atomic mass is 35.5. The van der Waals surface area contributed by atoms with Crippen LogP contribution in [0.5, 0.6) is 5.75 Å². The fourth-order valence-electron chi connectivity index (χ4n) is 4.67. The van der Waals surface area contributed by atoms with Crippen molar-refractivity contribution in [3.8, 4) is 17.0 Å². The normalized spacial score (nSPS) is 12.4. The van der Waals surface area contributed by atoms with Crippen LogP contribution in [0.15, 0.2) is 65.6 Å². The SMILES string of the molecule is O=c1[nH]c2c(O)ccc([C@@H](O)CNCCCCCCc3cc4cccnc4c(-c4cccc(Cl)c4)n3)c2s1. The molecule has 3 heterocycles. The van der Waals surface area contributed by atoms with Gasteiger partial charge in [0, 0.05) is 40.0 Å². The number of phenols is 1. The van der Waals surface area contributed by atoms with Crippen molar-refractivity contribution in [1.29, 1.82) is 0 Å². The van der Waals surface area contributed by atoms with Gasteiger partial charge in [-0.05, 0) is 56.1 Å². The predicted molar refractivity (Wildman–Crippen MR) is 154 cm³/mol. The lowest BCUT2D eigenvalue weighted by atomic mass is 10.0. The van der Waals surface area contributed by atoms with Crippen LogP contribution in [-0.2, 0) is 6.42 Å². The average molecular weight is 549 g/mol. The van der Waals surface area contributed by atoms with Gasteiger partial charge in [-0.25, -0.2) is 0 Å². The number of aliphatic hydroxyl groups is 1. The minimum atomic E-state index is -0.758. The van der Waals surface area contributed by atoms with E-state index in [0.29, 0.717) is 27.3 Å². The van der Waals surface area contributed by atoms with Crippen molar-refractivity contribution in [2.24, 2.45) is 0 Å². The molecule has 3 aromatic heterocycles. The van der Waals surface area contributed by atoms with Crippen LogP contribution < -0.4 is 10.2 Å². The van der Waals surface area contributed by atoms with E-state index in [2.05, 4.69) is 27.4 Å². The van der Waals surface area contributed by atoms with E-state index >= 15 is 0 Å². The van der Waals surface area contributed by atoms with Crippen LogP contribution >= 0.6 is 22.9 Å². The Bertz CT molecular complexity index is 1620. The molecule has 4 N–H and O–H groups in total. The van der Waals surface area contributed by atoms with Crippen molar-refractivity contribution in [2.45, 2.75) is 38.2 Å². The van der Waals surface area contributed by atoms with Gasteiger partial charge in [0.05, 0.1) is 22.0 Å². The zero-order valence-electron chi connectivity index (χ0n) is 20.8. The molecule has 0 radical (unpaired) electrons. The van der Waals surface area contributed by atoms with Gasteiger partial charge in [0.15, 0.2) is 0 Å². The van der Waals surface area contributed by atoms with E-state index in [1.807, 2.05) is 30.3 Å². The Morgan fingerprint density at radius 2 is 1.92 bits per heavy atom. The number of aromatic nitrogens is 3. The summed E-state index contributed by atoms with van der Waals surface area (Å²) in [4.78, 5) is 23.6. The molecule has 0 aliphatic heterocycles. The van der Waals surface area contributed by atoms with Crippen LogP contribution in [0.1, 0.15) is 43.0 Å². The van der Waals surface area contributed by atoms with Gasteiger partial charge < -0.3 is 20.5 Å². The van der Waals surface area contributed by atoms with Gasteiger partial charge in [-0.2, -0.15) is 0 Å². The van der Waals surface area contributed by atoms with Crippen molar-refractivity contribution in [1.82, 2.24) is 20.3 Å². The molecule has 0 amide bonds. The second kappa shape index (κ2) is 12.0. The van der Waals surface area contributed by atoms with Crippen LogP contribution in [-0.4, -0.2) is 38.3 Å². The lowest BCUT2D eigenvalue weighted by Gasteiger charge is -2.13. The Morgan fingerprint density at radius 3 is 2.79 bits per heavy atom. The number of aromatic amines is 1. The number of benzene rings is 2. The Labute approximate surface area is 229 Å². The number of pyridine rings is 2. The number of aryl methyl sites for hydroxylation is 1. The smallest absolute Gasteiger partial charge is 0.305 e. The van der Waals surface area contributed by atoms with Crippen molar-refractivity contribution in [3.05, 3.63) is 86.7 Å². The van der Waals surface area contributed by atoms with Gasteiger partial charge in [0.1, 0.15) is 11.3 Å². The van der Waals surface area contributed by atoms with Crippen molar-refractivity contribution < 1.29 is 10.2 Å². The highest BCUT2D eigenvalue weighted by Crippen LogP contribution is 2.31. The van der Waals surface area contributed by atoms with Gasteiger partial charge in [0.2, 0.25) is 0 Å². The second-order valence-electron chi connectivity index (χ2n) is 9.32. The number of thiazole rings is 1. The number of aromatic hydroxyl groups is 1. The number of H-pyrrole nitrogens is 1. The number of hydrogen-bond acceptors (Lipinski definition) is 7. The number of halogens is 1. The minimum Gasteiger partial charge on any atom is -0.506 e. The summed E-state index contributed by atoms with van der Waals surface area (Å²) in [7, 11) is 0. The molecule has 9 heteroatoms. The first-order valence-corrected chi connectivity index (χ1v) is 13.9. The highest BCUT2D eigenvalue weighted by Gasteiger charge is 2.16. The molecule has 38 heavy (non-hydrogen) atoms. The quantitative estimate of drug-likeness (QED) is 0.151. The molecular formula is C29H29ClN4O3S. The molecule has 0 unspecified atom stereocenters. The molecule has 2 aromatic carbocycles. The molecule has 0 spiro atoms. The molecule has 0 bridgehead atoms. The summed E-state index contributed by atoms with van der Waals surface area (Å²) in [6.07, 6.45) is 6.11. The summed E-state index contributed by atoms with van der Waals surface area (Å²) < 4.78 is 0.598. The number of nitrogens with zero attached hydrogens (tertiary/aromatic N) is 2. The number of nitrogens with one attached hydrogen (secondary N) is 2. The third-order valence-electron chi connectivity index (χ3n) is 6.56. The summed E-state index contributed by atoms with van der Waals surface area (Å²) in [5, 5.41) is 25.6. The Hall–Kier alpha value is -3.30. The maximum atomic E-state index is 11.7. The standard InChI is InChI=1S/C29H29ClN4O3S/c30-20-9-5-7-18(15-20)26-25-19(8-6-14-32-25)16-21(33-26)10-3-1-2-4-13-31-17-24(36)22-11-12-23(35)27-28(22)38-29(37)34-27/h5-9,11-12,14-16,24,31,35-36H,1-4,10,13,17H2,(H,34,37)/t24-/m0/s1. The fourth-order valence-corrected chi connectivity index (χ4v) is 5.77. The molecule has 0 aliphatic carbocycles. The Morgan fingerprint density at radius 1 is 1.05 bits per heavy atom. The molecule has 196 valence electrons. The molecule has 0 fully saturated rings. The number of phenolic OH excluding ortho intramolecular Hbond substituents is 1. The van der Waals surface area contributed by atoms with Crippen LogP contribution in [0.2, 0.25) is 5.02 Å². The van der Waals surface area contributed by atoms with Crippen LogP contribution in [0.3, 0.4) is 0 Å². The first-order chi connectivity index (χ1) is 18.5. The molecule has 0 aliphatic rings. The van der Waals surface area contributed by atoms with Crippen molar-refractivity contribution in [3.63, 3.8) is 0 Å². The molecule has 0 saturated carbocycles. The summed E-state index contributed by atoms with van der Waals surface area (Å²) in [6, 6.07) is 17.0. The zero-order valence-corrected chi connectivity index (χ0v) is 22.4. The van der Waals surface area contributed by atoms with Crippen molar-refractivity contribution >= 4 is 44.1 Å². The summed E-state index contributed by atoms with van der Waals surface area (Å²) >= 11 is 7.23. The fraction of sp³-hybridized carbons (Fsp3) is 0.276. The highest BCUT2D eigenvalue weighted by molar-refractivity contribution is 7.16. The first kappa shape index (κ1) is 26.3. The monoisotopic (exact) mass is 548 g/mol. The lowest BCUT2D eigenvalue weighted by Crippen LogP contribution is -2.22. The molecule has 1 atom stereocenters.